The Morgan fingerprint density at radius 3 is 2.90 bits per heavy atom. The Kier molecular flexibility index (Phi) is 3.80. The highest BCUT2D eigenvalue weighted by Crippen LogP contribution is 2.34. The van der Waals surface area contributed by atoms with Gasteiger partial charge < -0.3 is 4.90 Å². The maximum absolute atomic E-state index is 11.4. The molecule has 0 saturated carbocycles. The van der Waals surface area contributed by atoms with Crippen LogP contribution in [0.1, 0.15) is 6.92 Å². The van der Waals surface area contributed by atoms with Gasteiger partial charge in [-0.15, -0.1) is 0 Å². The molecule has 0 amide bonds. The van der Waals surface area contributed by atoms with Crippen LogP contribution in [0.4, 0.5) is 11.4 Å². The van der Waals surface area contributed by atoms with Gasteiger partial charge in [0, 0.05) is 19.8 Å². The fourth-order valence-corrected chi connectivity index (χ4v) is 2.18. The minimum atomic E-state index is -0.396. The normalized spacial score (nSPS) is 11.8. The first-order valence-corrected chi connectivity index (χ1v) is 6.17. The van der Waals surface area contributed by atoms with Crippen molar-refractivity contribution in [3.8, 4) is 6.07 Å². The highest BCUT2D eigenvalue weighted by molar-refractivity contribution is 5.94. The molecule has 1 atom stereocenters. The van der Waals surface area contributed by atoms with Gasteiger partial charge in [0.05, 0.1) is 27.8 Å². The molecule has 20 heavy (non-hydrogen) atoms. The zero-order chi connectivity index (χ0) is 14.7. The van der Waals surface area contributed by atoms with Gasteiger partial charge in [0.2, 0.25) is 0 Å². The summed E-state index contributed by atoms with van der Waals surface area (Å²) in [5, 5.41) is 20.7. The maximum atomic E-state index is 11.4. The monoisotopic (exact) mass is 270 g/mol. The summed E-state index contributed by atoms with van der Waals surface area (Å²) in [6.07, 6.45) is 1.60. The van der Waals surface area contributed by atoms with E-state index in [1.54, 1.807) is 49.3 Å². The van der Waals surface area contributed by atoms with Crippen molar-refractivity contribution in [2.75, 3.05) is 18.5 Å². The zero-order valence-corrected chi connectivity index (χ0v) is 11.3. The molecule has 1 unspecified atom stereocenters. The van der Waals surface area contributed by atoms with Crippen LogP contribution in [0.3, 0.4) is 0 Å². The smallest absolute Gasteiger partial charge is 0.301 e. The molecular weight excluding hydrogens is 256 g/mol. The second-order valence-electron chi connectivity index (χ2n) is 4.67. The first-order valence-electron chi connectivity index (χ1n) is 6.17. The van der Waals surface area contributed by atoms with Gasteiger partial charge in [-0.25, -0.2) is 0 Å². The number of hydrogen-bond donors (Lipinski definition) is 0. The summed E-state index contributed by atoms with van der Waals surface area (Å²) in [5.41, 5.74) is 1.12. The number of anilines is 1. The van der Waals surface area contributed by atoms with E-state index < -0.39 is 4.92 Å². The Hall–Kier alpha value is -2.68. The molecule has 0 bridgehead atoms. The molecule has 1 aromatic carbocycles. The summed E-state index contributed by atoms with van der Waals surface area (Å²) in [5.74, 6) is -0.204. The third kappa shape index (κ3) is 2.52. The molecule has 6 heteroatoms. The minimum absolute atomic E-state index is 0.0308. The number of nitro benzene ring substituents is 1. The van der Waals surface area contributed by atoms with Gasteiger partial charge >= 0.3 is 5.69 Å². The van der Waals surface area contributed by atoms with Gasteiger partial charge in [-0.1, -0.05) is 0 Å². The predicted molar refractivity (Wildman–Crippen MR) is 76.4 cm³/mol. The summed E-state index contributed by atoms with van der Waals surface area (Å²) < 4.78 is 0. The molecule has 0 aliphatic carbocycles. The van der Waals surface area contributed by atoms with Crippen LogP contribution in [0.25, 0.3) is 10.9 Å². The minimum Gasteiger partial charge on any atom is -0.368 e. The number of fused-ring (bicyclic) bond motifs is 1. The van der Waals surface area contributed by atoms with E-state index in [4.69, 9.17) is 5.26 Å². The first kappa shape index (κ1) is 13.7. The van der Waals surface area contributed by atoms with Gasteiger partial charge in [-0.2, -0.15) is 5.26 Å². The lowest BCUT2D eigenvalue weighted by molar-refractivity contribution is -0.382. The van der Waals surface area contributed by atoms with E-state index >= 15 is 0 Å². The molecule has 0 radical (unpaired) electrons. The van der Waals surface area contributed by atoms with E-state index in [-0.39, 0.29) is 11.6 Å². The van der Waals surface area contributed by atoms with Gasteiger partial charge in [0.15, 0.2) is 0 Å². The SMILES string of the molecule is CC(C#N)CN(C)c1ccc2ncccc2c1[N+](=O)[O-]. The summed E-state index contributed by atoms with van der Waals surface area (Å²) in [7, 11) is 1.75. The van der Waals surface area contributed by atoms with Crippen LogP contribution in [-0.4, -0.2) is 23.5 Å². The summed E-state index contributed by atoms with van der Waals surface area (Å²) in [6.45, 7) is 2.22. The van der Waals surface area contributed by atoms with Crippen molar-refractivity contribution in [3.05, 3.63) is 40.6 Å². The first-order chi connectivity index (χ1) is 9.54. The van der Waals surface area contributed by atoms with E-state index in [9.17, 15) is 10.1 Å². The largest absolute Gasteiger partial charge is 0.368 e. The molecule has 0 aliphatic rings. The van der Waals surface area contributed by atoms with Crippen molar-refractivity contribution in [2.24, 2.45) is 5.92 Å². The molecule has 102 valence electrons. The molecule has 0 aliphatic heterocycles. The van der Waals surface area contributed by atoms with Gasteiger partial charge in [0.25, 0.3) is 0 Å². The average Bonchev–Trinajstić information content (AvgIpc) is 2.45. The fourth-order valence-electron chi connectivity index (χ4n) is 2.18. The van der Waals surface area contributed by atoms with Crippen molar-refractivity contribution < 1.29 is 4.92 Å². The number of pyridine rings is 1. The molecule has 2 rings (SSSR count). The Morgan fingerprint density at radius 2 is 2.25 bits per heavy atom. The lowest BCUT2D eigenvalue weighted by Gasteiger charge is -2.20. The molecule has 0 fully saturated rings. The lowest BCUT2D eigenvalue weighted by Crippen LogP contribution is -2.24. The molecule has 1 aromatic heterocycles. The number of nitro groups is 1. The molecular formula is C14H14N4O2. The quantitative estimate of drug-likeness (QED) is 0.630. The standard InChI is InChI=1S/C14H14N4O2/c1-10(8-15)9-17(2)13-6-5-12-11(4-3-7-16-12)14(13)18(19)20/h3-7,10H,9H2,1-2H3. The highest BCUT2D eigenvalue weighted by Gasteiger charge is 2.22. The van der Waals surface area contributed by atoms with Crippen molar-refractivity contribution in [1.82, 2.24) is 4.98 Å². The van der Waals surface area contributed by atoms with E-state index in [1.807, 2.05) is 0 Å². The van der Waals surface area contributed by atoms with Crippen LogP contribution >= 0.6 is 0 Å². The second-order valence-corrected chi connectivity index (χ2v) is 4.67. The molecule has 2 aromatic rings. The number of rotatable bonds is 4. The van der Waals surface area contributed by atoms with Crippen LogP contribution in [0.5, 0.6) is 0 Å². The number of nitrogens with zero attached hydrogens (tertiary/aromatic N) is 4. The molecule has 0 saturated heterocycles. The topological polar surface area (TPSA) is 83.1 Å². The third-order valence-electron chi connectivity index (χ3n) is 3.10. The van der Waals surface area contributed by atoms with E-state index in [2.05, 4.69) is 11.1 Å². The van der Waals surface area contributed by atoms with Crippen LogP contribution in [0, 0.1) is 27.4 Å². The van der Waals surface area contributed by atoms with Crippen molar-refractivity contribution in [2.45, 2.75) is 6.92 Å². The van der Waals surface area contributed by atoms with Crippen molar-refractivity contribution in [1.29, 1.82) is 5.26 Å². The molecule has 0 N–H and O–H groups in total. The fraction of sp³-hybridized carbons (Fsp3) is 0.286. The number of aromatic nitrogens is 1. The van der Waals surface area contributed by atoms with Gasteiger partial charge in [0.1, 0.15) is 5.69 Å². The summed E-state index contributed by atoms with van der Waals surface area (Å²) in [4.78, 5) is 16.8. The van der Waals surface area contributed by atoms with Gasteiger partial charge in [-0.3, -0.25) is 15.1 Å². The second kappa shape index (κ2) is 5.53. The van der Waals surface area contributed by atoms with Crippen molar-refractivity contribution >= 4 is 22.3 Å². The number of hydrogen-bond acceptors (Lipinski definition) is 5. The molecule has 1 heterocycles. The van der Waals surface area contributed by atoms with E-state index in [0.717, 1.165) is 0 Å². The summed E-state index contributed by atoms with van der Waals surface area (Å²) >= 11 is 0. The van der Waals surface area contributed by atoms with Crippen LogP contribution in [0.15, 0.2) is 30.5 Å². The van der Waals surface area contributed by atoms with Crippen LogP contribution < -0.4 is 4.90 Å². The Balaban J connectivity index is 2.56. The van der Waals surface area contributed by atoms with Crippen LogP contribution in [-0.2, 0) is 0 Å². The number of benzene rings is 1. The van der Waals surface area contributed by atoms with Crippen LogP contribution in [0.2, 0.25) is 0 Å². The summed E-state index contributed by atoms with van der Waals surface area (Å²) in [6, 6.07) is 8.92. The highest BCUT2D eigenvalue weighted by atomic mass is 16.6. The molecule has 0 spiro atoms. The van der Waals surface area contributed by atoms with Gasteiger partial charge in [-0.05, 0) is 31.2 Å². The Morgan fingerprint density at radius 1 is 1.50 bits per heavy atom. The number of nitriles is 1. The molecule has 6 nitrogen and oxygen atoms in total. The zero-order valence-electron chi connectivity index (χ0n) is 11.3. The third-order valence-corrected chi connectivity index (χ3v) is 3.10. The van der Waals surface area contributed by atoms with E-state index in [1.165, 1.54) is 0 Å². The van der Waals surface area contributed by atoms with Crippen molar-refractivity contribution in [3.63, 3.8) is 0 Å². The van der Waals surface area contributed by atoms with E-state index in [0.29, 0.717) is 23.1 Å². The lowest BCUT2D eigenvalue weighted by atomic mass is 10.1. The maximum Gasteiger partial charge on any atom is 0.301 e. The Bertz CT molecular complexity index is 693. The Labute approximate surface area is 116 Å². The predicted octanol–water partition coefficient (Wildman–Crippen LogP) is 2.74. The average molecular weight is 270 g/mol.